The summed E-state index contributed by atoms with van der Waals surface area (Å²) in [5.74, 6) is -0.991. The third kappa shape index (κ3) is 5.69. The van der Waals surface area contributed by atoms with Gasteiger partial charge in [0.25, 0.3) is 0 Å². The van der Waals surface area contributed by atoms with Gasteiger partial charge in [0.2, 0.25) is 0 Å². The third-order valence-electron chi connectivity index (χ3n) is 2.19. The van der Waals surface area contributed by atoms with Crippen LogP contribution in [0.25, 0.3) is 0 Å². The largest absolute Gasteiger partial charge is 0.458 e. The summed E-state index contributed by atoms with van der Waals surface area (Å²) in [5, 5.41) is 4.86. The van der Waals surface area contributed by atoms with E-state index >= 15 is 0 Å². The van der Waals surface area contributed by atoms with Gasteiger partial charge in [-0.2, -0.15) is 0 Å². The minimum absolute atomic E-state index is 0.305. The van der Waals surface area contributed by atoms with Crippen molar-refractivity contribution in [2.45, 2.75) is 39.3 Å². The van der Waals surface area contributed by atoms with Crippen molar-refractivity contribution in [3.63, 3.8) is 0 Å². The number of anilines is 1. The molecule has 0 spiro atoms. The number of esters is 1. The number of nitrogens with one attached hydrogen (secondary N) is 2. The normalized spacial score (nSPS) is 12.4. The molecule has 0 aliphatic rings. The lowest BCUT2D eigenvalue weighted by Gasteiger charge is -2.22. The number of rotatable bonds is 3. The maximum Gasteiger partial charge on any atom is 0.328 e. The summed E-state index contributed by atoms with van der Waals surface area (Å²) in [6.07, 6.45) is 0. The first-order chi connectivity index (χ1) is 9.17. The smallest absolute Gasteiger partial charge is 0.328 e. The van der Waals surface area contributed by atoms with Crippen LogP contribution in [-0.2, 0) is 9.53 Å². The van der Waals surface area contributed by atoms with Crippen LogP contribution in [0.1, 0.15) is 27.7 Å². The van der Waals surface area contributed by atoms with Crippen LogP contribution in [0, 0.1) is 5.82 Å². The summed E-state index contributed by atoms with van der Waals surface area (Å²) < 4.78 is 18.1. The predicted molar refractivity (Wildman–Crippen MR) is 73.9 cm³/mol. The van der Waals surface area contributed by atoms with Gasteiger partial charge >= 0.3 is 12.0 Å². The monoisotopic (exact) mass is 282 g/mol. The summed E-state index contributed by atoms with van der Waals surface area (Å²) in [7, 11) is 0. The van der Waals surface area contributed by atoms with Gasteiger partial charge in [0, 0.05) is 5.69 Å². The highest BCUT2D eigenvalue weighted by Gasteiger charge is 2.22. The first-order valence-electron chi connectivity index (χ1n) is 6.23. The first kappa shape index (κ1) is 15.9. The zero-order chi connectivity index (χ0) is 15.3. The van der Waals surface area contributed by atoms with Crippen molar-refractivity contribution in [3.05, 3.63) is 30.1 Å². The average Bonchev–Trinajstić information content (AvgIpc) is 2.26. The highest BCUT2D eigenvalue weighted by atomic mass is 19.1. The van der Waals surface area contributed by atoms with Crippen molar-refractivity contribution in [1.82, 2.24) is 5.32 Å². The molecule has 0 saturated heterocycles. The van der Waals surface area contributed by atoms with E-state index in [1.165, 1.54) is 25.1 Å². The fourth-order valence-corrected chi connectivity index (χ4v) is 1.38. The number of carbonyl (C=O) groups excluding carboxylic acids is 2. The molecular formula is C14H19FN2O3. The van der Waals surface area contributed by atoms with E-state index in [1.807, 2.05) is 0 Å². The Balaban J connectivity index is 2.52. The summed E-state index contributed by atoms with van der Waals surface area (Å²) in [6, 6.07) is 4.06. The maximum absolute atomic E-state index is 12.9. The van der Waals surface area contributed by atoms with E-state index in [9.17, 15) is 14.0 Å². The van der Waals surface area contributed by atoms with Gasteiger partial charge in [-0.15, -0.1) is 0 Å². The van der Waals surface area contributed by atoms with Crippen LogP contribution in [0.2, 0.25) is 0 Å². The van der Waals surface area contributed by atoms with Gasteiger partial charge in [-0.05, 0) is 45.9 Å². The summed E-state index contributed by atoms with van der Waals surface area (Å²) in [5.41, 5.74) is -0.314. The van der Waals surface area contributed by atoms with Crippen LogP contribution in [0.15, 0.2) is 24.3 Å². The van der Waals surface area contributed by atoms with Crippen LogP contribution in [0.5, 0.6) is 0 Å². The van der Waals surface area contributed by atoms with Gasteiger partial charge in [-0.3, -0.25) is 0 Å². The van der Waals surface area contributed by atoms with Gasteiger partial charge in [-0.25, -0.2) is 14.0 Å². The molecule has 0 fully saturated rings. The van der Waals surface area contributed by atoms with Crippen molar-refractivity contribution in [2.75, 3.05) is 5.32 Å². The molecule has 0 heterocycles. The first-order valence-corrected chi connectivity index (χ1v) is 6.23. The Bertz CT molecular complexity index is 497. The number of hydrogen-bond acceptors (Lipinski definition) is 3. The third-order valence-corrected chi connectivity index (χ3v) is 2.19. The van der Waals surface area contributed by atoms with Crippen molar-refractivity contribution in [2.24, 2.45) is 0 Å². The number of carbonyl (C=O) groups is 2. The molecule has 5 nitrogen and oxygen atoms in total. The molecule has 0 radical (unpaired) electrons. The molecule has 2 amide bonds. The molecule has 1 atom stereocenters. The second-order valence-corrected chi connectivity index (χ2v) is 5.36. The van der Waals surface area contributed by atoms with E-state index in [0.717, 1.165) is 0 Å². The topological polar surface area (TPSA) is 67.4 Å². The lowest BCUT2D eigenvalue weighted by atomic mass is 10.2. The van der Waals surface area contributed by atoms with E-state index < -0.39 is 29.5 Å². The minimum atomic E-state index is -0.803. The number of ether oxygens (including phenoxy) is 1. The molecule has 110 valence electrons. The van der Waals surface area contributed by atoms with Crippen LogP contribution < -0.4 is 10.6 Å². The summed E-state index contributed by atoms with van der Waals surface area (Å²) in [6.45, 7) is 6.73. The zero-order valence-electron chi connectivity index (χ0n) is 12.0. The van der Waals surface area contributed by atoms with Crippen molar-refractivity contribution in [1.29, 1.82) is 0 Å². The quantitative estimate of drug-likeness (QED) is 0.838. The Morgan fingerprint density at radius 2 is 1.95 bits per heavy atom. The fourth-order valence-electron chi connectivity index (χ4n) is 1.38. The Morgan fingerprint density at radius 1 is 1.30 bits per heavy atom. The Kier molecular flexibility index (Phi) is 5.07. The lowest BCUT2D eigenvalue weighted by molar-refractivity contribution is -0.156. The maximum atomic E-state index is 12.9. The summed E-state index contributed by atoms with van der Waals surface area (Å²) in [4.78, 5) is 23.3. The van der Waals surface area contributed by atoms with E-state index in [1.54, 1.807) is 26.8 Å². The molecule has 1 rings (SSSR count). The number of urea groups is 1. The van der Waals surface area contributed by atoms with Crippen molar-refractivity contribution in [3.8, 4) is 0 Å². The number of halogens is 1. The molecule has 0 aromatic heterocycles. The number of amides is 2. The molecule has 0 bridgehead atoms. The van der Waals surface area contributed by atoms with Gasteiger partial charge in [0.1, 0.15) is 17.5 Å². The standard InChI is InChI=1S/C14H19FN2O3/c1-9(12(18)20-14(2,3)4)16-13(19)17-11-7-5-6-10(15)8-11/h5-9H,1-4H3,(H2,16,17,19)/t9-/m0/s1. The molecule has 0 aliphatic heterocycles. The van der Waals surface area contributed by atoms with E-state index in [4.69, 9.17) is 4.74 Å². The molecule has 2 N–H and O–H groups in total. The van der Waals surface area contributed by atoms with E-state index in [2.05, 4.69) is 10.6 Å². The summed E-state index contributed by atoms with van der Waals surface area (Å²) >= 11 is 0. The Labute approximate surface area is 117 Å². The molecule has 1 aromatic carbocycles. The number of hydrogen-bond donors (Lipinski definition) is 2. The van der Waals surface area contributed by atoms with E-state index in [-0.39, 0.29) is 0 Å². The number of benzene rings is 1. The predicted octanol–water partition coefficient (Wildman–Crippen LogP) is 2.68. The average molecular weight is 282 g/mol. The molecular weight excluding hydrogens is 263 g/mol. The van der Waals surface area contributed by atoms with Gasteiger partial charge in [0.05, 0.1) is 0 Å². The molecule has 0 aliphatic carbocycles. The van der Waals surface area contributed by atoms with Crippen LogP contribution >= 0.6 is 0 Å². The van der Waals surface area contributed by atoms with Crippen molar-refractivity contribution < 1.29 is 18.7 Å². The van der Waals surface area contributed by atoms with Gasteiger partial charge in [-0.1, -0.05) is 6.07 Å². The minimum Gasteiger partial charge on any atom is -0.458 e. The van der Waals surface area contributed by atoms with E-state index in [0.29, 0.717) is 5.69 Å². The molecule has 0 saturated carbocycles. The highest BCUT2D eigenvalue weighted by Crippen LogP contribution is 2.10. The van der Waals surface area contributed by atoms with Crippen LogP contribution in [0.3, 0.4) is 0 Å². The highest BCUT2D eigenvalue weighted by molar-refractivity contribution is 5.92. The Morgan fingerprint density at radius 3 is 2.50 bits per heavy atom. The van der Waals surface area contributed by atoms with Gasteiger partial charge in [0.15, 0.2) is 0 Å². The SMILES string of the molecule is C[C@H](NC(=O)Nc1cccc(F)c1)C(=O)OC(C)(C)C. The molecule has 20 heavy (non-hydrogen) atoms. The fraction of sp³-hybridized carbons (Fsp3) is 0.429. The molecule has 6 heteroatoms. The molecule has 1 aromatic rings. The van der Waals surface area contributed by atoms with Crippen LogP contribution in [-0.4, -0.2) is 23.6 Å². The lowest BCUT2D eigenvalue weighted by Crippen LogP contribution is -2.43. The Hall–Kier alpha value is -2.11. The van der Waals surface area contributed by atoms with Gasteiger partial charge < -0.3 is 15.4 Å². The second-order valence-electron chi connectivity index (χ2n) is 5.36. The molecule has 0 unspecified atom stereocenters. The van der Waals surface area contributed by atoms with Crippen LogP contribution in [0.4, 0.5) is 14.9 Å². The van der Waals surface area contributed by atoms with Crippen molar-refractivity contribution >= 4 is 17.7 Å². The second kappa shape index (κ2) is 6.36. The zero-order valence-corrected chi connectivity index (χ0v) is 12.0.